The van der Waals surface area contributed by atoms with E-state index in [0.29, 0.717) is 12.2 Å². The van der Waals surface area contributed by atoms with E-state index in [0.717, 1.165) is 24.4 Å². The number of hydrogen-bond acceptors (Lipinski definition) is 3. The minimum atomic E-state index is -0.595. The first-order valence-corrected chi connectivity index (χ1v) is 9.28. The van der Waals surface area contributed by atoms with Gasteiger partial charge < -0.3 is 16.0 Å². The van der Waals surface area contributed by atoms with Crippen LogP contribution in [-0.2, 0) is 11.3 Å². The predicted molar refractivity (Wildman–Crippen MR) is 107 cm³/mol. The molecular formula is C20H29N5O2. The molecule has 1 aromatic carbocycles. The summed E-state index contributed by atoms with van der Waals surface area (Å²) < 4.78 is 1.94. The van der Waals surface area contributed by atoms with Gasteiger partial charge in [0.1, 0.15) is 6.04 Å². The molecular weight excluding hydrogens is 342 g/mol. The van der Waals surface area contributed by atoms with Crippen LogP contribution in [0.3, 0.4) is 0 Å². The van der Waals surface area contributed by atoms with Gasteiger partial charge in [0.05, 0.1) is 5.69 Å². The maximum absolute atomic E-state index is 12.5. The third kappa shape index (κ3) is 6.44. The summed E-state index contributed by atoms with van der Waals surface area (Å²) in [4.78, 5) is 24.7. The van der Waals surface area contributed by atoms with Crippen molar-refractivity contribution in [1.29, 1.82) is 0 Å². The molecule has 0 saturated heterocycles. The molecule has 0 bridgehead atoms. The van der Waals surface area contributed by atoms with Gasteiger partial charge in [0.2, 0.25) is 5.91 Å². The third-order valence-electron chi connectivity index (χ3n) is 4.22. The first kappa shape index (κ1) is 20.5. The van der Waals surface area contributed by atoms with Gasteiger partial charge >= 0.3 is 6.03 Å². The number of nitrogens with zero attached hydrogens (tertiary/aromatic N) is 2. The van der Waals surface area contributed by atoms with Crippen LogP contribution in [0, 0.1) is 19.8 Å². The number of hydrogen-bond donors (Lipinski definition) is 3. The van der Waals surface area contributed by atoms with Crippen LogP contribution in [0.4, 0.5) is 10.5 Å². The Labute approximate surface area is 160 Å². The van der Waals surface area contributed by atoms with E-state index in [1.54, 1.807) is 12.1 Å². The molecule has 0 spiro atoms. The van der Waals surface area contributed by atoms with Crippen LogP contribution in [0.25, 0.3) is 0 Å². The first-order valence-electron chi connectivity index (χ1n) is 9.28. The van der Waals surface area contributed by atoms with Crippen LogP contribution in [-0.4, -0.2) is 34.3 Å². The van der Waals surface area contributed by atoms with Gasteiger partial charge in [-0.2, -0.15) is 5.10 Å². The summed E-state index contributed by atoms with van der Waals surface area (Å²) in [5.41, 5.74) is 2.78. The average molecular weight is 371 g/mol. The number of aromatic nitrogens is 2. The highest BCUT2D eigenvalue weighted by molar-refractivity contribution is 5.93. The average Bonchev–Trinajstić information content (AvgIpc) is 2.94. The summed E-state index contributed by atoms with van der Waals surface area (Å²) in [6.45, 7) is 9.07. The molecule has 146 valence electrons. The van der Waals surface area contributed by atoms with E-state index in [9.17, 15) is 9.59 Å². The van der Waals surface area contributed by atoms with Crippen molar-refractivity contribution in [3.8, 4) is 0 Å². The molecule has 7 heteroatoms. The second-order valence-corrected chi connectivity index (χ2v) is 6.98. The van der Waals surface area contributed by atoms with E-state index in [1.165, 1.54) is 0 Å². The van der Waals surface area contributed by atoms with Crippen LogP contribution in [0.1, 0.15) is 31.7 Å². The quantitative estimate of drug-likeness (QED) is 0.624. The van der Waals surface area contributed by atoms with E-state index < -0.39 is 12.1 Å². The molecule has 3 amide bonds. The molecule has 0 saturated carbocycles. The van der Waals surface area contributed by atoms with Gasteiger partial charge in [-0.1, -0.05) is 32.0 Å². The maximum Gasteiger partial charge on any atom is 0.319 e. The number of benzene rings is 1. The Morgan fingerprint density at radius 1 is 1.15 bits per heavy atom. The zero-order valence-corrected chi connectivity index (χ0v) is 16.5. The maximum atomic E-state index is 12.5. The summed E-state index contributed by atoms with van der Waals surface area (Å²) in [5, 5.41) is 12.8. The van der Waals surface area contributed by atoms with Crippen molar-refractivity contribution in [2.75, 3.05) is 11.9 Å². The minimum absolute atomic E-state index is 0.0254. The molecule has 1 atom stereocenters. The van der Waals surface area contributed by atoms with Crippen molar-refractivity contribution in [1.82, 2.24) is 20.4 Å². The zero-order valence-electron chi connectivity index (χ0n) is 16.5. The lowest BCUT2D eigenvalue weighted by Crippen LogP contribution is -2.51. The molecule has 0 aliphatic rings. The van der Waals surface area contributed by atoms with Crippen molar-refractivity contribution in [3.05, 3.63) is 47.8 Å². The summed E-state index contributed by atoms with van der Waals surface area (Å²) in [5.74, 6) is -0.205. The van der Waals surface area contributed by atoms with Crippen LogP contribution < -0.4 is 16.0 Å². The Hall–Kier alpha value is -2.83. The molecule has 3 N–H and O–H groups in total. The number of nitrogens with one attached hydrogen (secondary N) is 3. The van der Waals surface area contributed by atoms with Crippen molar-refractivity contribution < 1.29 is 9.59 Å². The van der Waals surface area contributed by atoms with Gasteiger partial charge in [0.25, 0.3) is 0 Å². The highest BCUT2D eigenvalue weighted by atomic mass is 16.2. The summed E-state index contributed by atoms with van der Waals surface area (Å²) in [6, 6.07) is 10.2. The van der Waals surface area contributed by atoms with Crippen molar-refractivity contribution in [3.63, 3.8) is 0 Å². The Morgan fingerprint density at radius 3 is 2.44 bits per heavy atom. The first-order chi connectivity index (χ1) is 12.9. The van der Waals surface area contributed by atoms with Crippen LogP contribution >= 0.6 is 0 Å². The fourth-order valence-corrected chi connectivity index (χ4v) is 2.82. The third-order valence-corrected chi connectivity index (χ3v) is 4.22. The van der Waals surface area contributed by atoms with Gasteiger partial charge in [0.15, 0.2) is 0 Å². The molecule has 0 fully saturated rings. The smallest absolute Gasteiger partial charge is 0.319 e. The normalized spacial score (nSPS) is 11.9. The van der Waals surface area contributed by atoms with Gasteiger partial charge in [-0.3, -0.25) is 9.48 Å². The molecule has 7 nitrogen and oxygen atoms in total. The number of carbonyl (C=O) groups is 2. The summed E-state index contributed by atoms with van der Waals surface area (Å²) >= 11 is 0. The molecule has 0 radical (unpaired) electrons. The fourth-order valence-electron chi connectivity index (χ4n) is 2.82. The highest BCUT2D eigenvalue weighted by Crippen LogP contribution is 2.07. The van der Waals surface area contributed by atoms with Crippen molar-refractivity contribution in [2.24, 2.45) is 5.92 Å². The van der Waals surface area contributed by atoms with E-state index in [2.05, 4.69) is 21.0 Å². The summed E-state index contributed by atoms with van der Waals surface area (Å²) in [7, 11) is 0. The van der Waals surface area contributed by atoms with Crippen LogP contribution in [0.5, 0.6) is 0 Å². The Balaban J connectivity index is 1.79. The molecule has 2 rings (SSSR count). The van der Waals surface area contributed by atoms with Gasteiger partial charge in [-0.25, -0.2) is 4.79 Å². The topological polar surface area (TPSA) is 88.0 Å². The number of aryl methyl sites for hydroxylation is 3. The number of anilines is 1. The molecule has 2 aromatic rings. The molecule has 0 aliphatic carbocycles. The number of urea groups is 1. The van der Waals surface area contributed by atoms with E-state index >= 15 is 0 Å². The van der Waals surface area contributed by atoms with E-state index in [4.69, 9.17) is 0 Å². The lowest BCUT2D eigenvalue weighted by Gasteiger charge is -2.22. The standard InChI is InChI=1S/C20H29N5O2/c1-14(2)18(23-20(27)22-17-9-6-5-7-10-17)19(26)21-11-8-12-25-16(4)13-15(3)24-25/h5-7,9-10,13-14,18H,8,11-12H2,1-4H3,(H,21,26)(H2,22,23,27). The zero-order chi connectivity index (χ0) is 19.8. The number of amides is 3. The molecule has 1 heterocycles. The molecule has 27 heavy (non-hydrogen) atoms. The molecule has 0 aliphatic heterocycles. The largest absolute Gasteiger partial charge is 0.354 e. The Morgan fingerprint density at radius 2 is 1.85 bits per heavy atom. The number of para-hydroxylation sites is 1. The monoisotopic (exact) mass is 371 g/mol. The highest BCUT2D eigenvalue weighted by Gasteiger charge is 2.23. The Bertz CT molecular complexity index is 755. The lowest BCUT2D eigenvalue weighted by atomic mass is 10.0. The van der Waals surface area contributed by atoms with Crippen molar-refractivity contribution >= 4 is 17.6 Å². The second-order valence-electron chi connectivity index (χ2n) is 6.98. The second kappa shape index (κ2) is 9.75. The minimum Gasteiger partial charge on any atom is -0.354 e. The van der Waals surface area contributed by atoms with Gasteiger partial charge in [0, 0.05) is 24.5 Å². The van der Waals surface area contributed by atoms with E-state index in [1.807, 2.05) is 56.6 Å². The Kier molecular flexibility index (Phi) is 7.40. The van der Waals surface area contributed by atoms with Crippen LogP contribution in [0.15, 0.2) is 36.4 Å². The number of rotatable bonds is 8. The molecule has 1 aromatic heterocycles. The molecule has 1 unspecified atom stereocenters. The fraction of sp³-hybridized carbons (Fsp3) is 0.450. The van der Waals surface area contributed by atoms with Crippen molar-refractivity contribution in [2.45, 2.75) is 46.7 Å². The van der Waals surface area contributed by atoms with Gasteiger partial charge in [-0.15, -0.1) is 0 Å². The lowest BCUT2D eigenvalue weighted by molar-refractivity contribution is -0.123. The SMILES string of the molecule is Cc1cc(C)n(CCCNC(=O)C(NC(=O)Nc2ccccc2)C(C)C)n1. The van der Waals surface area contributed by atoms with Crippen LogP contribution in [0.2, 0.25) is 0 Å². The predicted octanol–water partition coefficient (Wildman–Crippen LogP) is 2.85. The summed E-state index contributed by atoms with van der Waals surface area (Å²) in [6.07, 6.45) is 0.773. The number of carbonyl (C=O) groups excluding carboxylic acids is 2. The van der Waals surface area contributed by atoms with E-state index in [-0.39, 0.29) is 11.8 Å². The van der Waals surface area contributed by atoms with Gasteiger partial charge in [-0.05, 0) is 44.4 Å².